The first-order valence-electron chi connectivity index (χ1n) is 7.22. The Morgan fingerprint density at radius 3 is 2.81 bits per heavy atom. The van der Waals surface area contributed by atoms with E-state index in [-0.39, 0.29) is 0 Å². The highest BCUT2D eigenvalue weighted by atomic mass is 16.5. The number of para-hydroxylation sites is 1. The summed E-state index contributed by atoms with van der Waals surface area (Å²) >= 11 is 0. The zero-order valence-corrected chi connectivity index (χ0v) is 12.4. The van der Waals surface area contributed by atoms with Gasteiger partial charge in [0.2, 0.25) is 0 Å². The Kier molecular flexibility index (Phi) is 3.86. The van der Waals surface area contributed by atoms with Gasteiger partial charge in [-0.3, -0.25) is 0 Å². The van der Waals surface area contributed by atoms with Crippen molar-refractivity contribution in [3.8, 4) is 5.75 Å². The van der Waals surface area contributed by atoms with Crippen LogP contribution in [0.25, 0.3) is 11.0 Å². The molecule has 0 aliphatic rings. The van der Waals surface area contributed by atoms with Gasteiger partial charge in [0.1, 0.15) is 11.3 Å². The molecule has 1 aromatic heterocycles. The van der Waals surface area contributed by atoms with E-state index < -0.39 is 0 Å². The molecule has 0 aliphatic heterocycles. The minimum atomic E-state index is 0.679. The van der Waals surface area contributed by atoms with Crippen molar-refractivity contribution in [1.82, 2.24) is 15.0 Å². The van der Waals surface area contributed by atoms with E-state index in [0.717, 1.165) is 29.7 Å². The molecule has 3 aromatic rings. The molecule has 1 heterocycles. The fourth-order valence-corrected chi connectivity index (χ4v) is 2.44. The van der Waals surface area contributed by atoms with Crippen molar-refractivity contribution in [2.24, 2.45) is 0 Å². The number of aryl methyl sites for hydroxylation is 3. The predicted octanol–water partition coefficient (Wildman–Crippen LogP) is 3.52. The number of hydrogen-bond donors (Lipinski definition) is 0. The zero-order chi connectivity index (χ0) is 14.7. The fourth-order valence-electron chi connectivity index (χ4n) is 2.44. The molecule has 0 unspecified atom stereocenters. The molecule has 4 heteroatoms. The summed E-state index contributed by atoms with van der Waals surface area (Å²) in [6, 6.07) is 14.3. The standard InChI is InChI=1S/C17H19N3O/c1-13-8-9-17(14(2)12-13)21-11-5-10-20-16-7-4-3-6-15(16)18-19-20/h3-4,6-9,12H,5,10-11H2,1-2H3. The Balaban J connectivity index is 1.57. The first kappa shape index (κ1) is 13.6. The second-order valence-corrected chi connectivity index (χ2v) is 5.27. The van der Waals surface area contributed by atoms with Crippen LogP contribution in [0.1, 0.15) is 17.5 Å². The van der Waals surface area contributed by atoms with Gasteiger partial charge in [0.25, 0.3) is 0 Å². The summed E-state index contributed by atoms with van der Waals surface area (Å²) in [5.74, 6) is 0.962. The van der Waals surface area contributed by atoms with Gasteiger partial charge < -0.3 is 4.74 Å². The van der Waals surface area contributed by atoms with Gasteiger partial charge in [0.15, 0.2) is 0 Å². The number of fused-ring (bicyclic) bond motifs is 1. The first-order valence-corrected chi connectivity index (χ1v) is 7.22. The molecular formula is C17H19N3O. The average Bonchev–Trinajstić information content (AvgIpc) is 2.89. The van der Waals surface area contributed by atoms with E-state index in [9.17, 15) is 0 Å². The van der Waals surface area contributed by atoms with Crippen molar-refractivity contribution in [2.45, 2.75) is 26.8 Å². The van der Waals surface area contributed by atoms with Crippen LogP contribution in [-0.4, -0.2) is 21.6 Å². The van der Waals surface area contributed by atoms with E-state index in [0.29, 0.717) is 6.61 Å². The van der Waals surface area contributed by atoms with Gasteiger partial charge in [0.05, 0.1) is 12.1 Å². The van der Waals surface area contributed by atoms with Crippen LogP contribution in [0.15, 0.2) is 42.5 Å². The lowest BCUT2D eigenvalue weighted by atomic mass is 10.1. The summed E-state index contributed by atoms with van der Waals surface area (Å²) in [5, 5.41) is 8.33. The quantitative estimate of drug-likeness (QED) is 0.672. The van der Waals surface area contributed by atoms with E-state index in [1.807, 2.05) is 35.0 Å². The Morgan fingerprint density at radius 2 is 1.95 bits per heavy atom. The third kappa shape index (κ3) is 3.05. The molecule has 0 atom stereocenters. The van der Waals surface area contributed by atoms with Gasteiger partial charge in [-0.1, -0.05) is 35.0 Å². The normalized spacial score (nSPS) is 11.0. The second-order valence-electron chi connectivity index (χ2n) is 5.27. The molecule has 108 valence electrons. The summed E-state index contributed by atoms with van der Waals surface area (Å²) in [4.78, 5) is 0. The predicted molar refractivity (Wildman–Crippen MR) is 83.6 cm³/mol. The summed E-state index contributed by atoms with van der Waals surface area (Å²) in [5.41, 5.74) is 4.45. The van der Waals surface area contributed by atoms with Crippen LogP contribution in [0, 0.1) is 13.8 Å². The SMILES string of the molecule is Cc1ccc(OCCCn2nnc3ccccc32)c(C)c1. The molecule has 0 aliphatic carbocycles. The van der Waals surface area contributed by atoms with Crippen LogP contribution < -0.4 is 4.74 Å². The largest absolute Gasteiger partial charge is 0.493 e. The lowest BCUT2D eigenvalue weighted by molar-refractivity contribution is 0.297. The molecule has 0 fully saturated rings. The number of nitrogens with zero attached hydrogens (tertiary/aromatic N) is 3. The van der Waals surface area contributed by atoms with Gasteiger partial charge in [-0.15, -0.1) is 5.10 Å². The van der Waals surface area contributed by atoms with Crippen LogP contribution in [-0.2, 0) is 6.54 Å². The van der Waals surface area contributed by atoms with Crippen LogP contribution in [0.2, 0.25) is 0 Å². The van der Waals surface area contributed by atoms with Crippen molar-refractivity contribution >= 4 is 11.0 Å². The molecule has 0 N–H and O–H groups in total. The lowest BCUT2D eigenvalue weighted by Crippen LogP contribution is -2.06. The molecule has 4 nitrogen and oxygen atoms in total. The van der Waals surface area contributed by atoms with E-state index in [2.05, 4.69) is 36.3 Å². The molecule has 3 rings (SSSR count). The summed E-state index contributed by atoms with van der Waals surface area (Å²) in [6.07, 6.45) is 0.903. The van der Waals surface area contributed by atoms with E-state index >= 15 is 0 Å². The van der Waals surface area contributed by atoms with E-state index in [4.69, 9.17) is 4.74 Å². The van der Waals surface area contributed by atoms with Gasteiger partial charge in [-0.25, -0.2) is 4.68 Å². The topological polar surface area (TPSA) is 39.9 Å². The molecule has 0 saturated heterocycles. The third-order valence-corrected chi connectivity index (χ3v) is 3.52. The Morgan fingerprint density at radius 1 is 1.10 bits per heavy atom. The number of rotatable bonds is 5. The molecule has 0 spiro atoms. The highest BCUT2D eigenvalue weighted by Gasteiger charge is 2.03. The molecule has 21 heavy (non-hydrogen) atoms. The Bertz CT molecular complexity index is 749. The summed E-state index contributed by atoms with van der Waals surface area (Å²) in [6.45, 7) is 5.66. The van der Waals surface area contributed by atoms with Crippen molar-refractivity contribution in [3.05, 3.63) is 53.6 Å². The van der Waals surface area contributed by atoms with Crippen LogP contribution >= 0.6 is 0 Å². The number of hydrogen-bond acceptors (Lipinski definition) is 3. The summed E-state index contributed by atoms with van der Waals surface area (Å²) < 4.78 is 7.77. The lowest BCUT2D eigenvalue weighted by Gasteiger charge is -2.09. The molecule has 2 aromatic carbocycles. The maximum absolute atomic E-state index is 5.84. The summed E-state index contributed by atoms with van der Waals surface area (Å²) in [7, 11) is 0. The van der Waals surface area contributed by atoms with Crippen LogP contribution in [0.4, 0.5) is 0 Å². The van der Waals surface area contributed by atoms with Gasteiger partial charge >= 0.3 is 0 Å². The Hall–Kier alpha value is -2.36. The number of aromatic nitrogens is 3. The van der Waals surface area contributed by atoms with Gasteiger partial charge in [0, 0.05) is 13.0 Å². The first-order chi connectivity index (χ1) is 10.2. The smallest absolute Gasteiger partial charge is 0.122 e. The molecule has 0 amide bonds. The molecule has 0 radical (unpaired) electrons. The number of benzene rings is 2. The molecule has 0 bridgehead atoms. The zero-order valence-electron chi connectivity index (χ0n) is 12.4. The molecule has 0 saturated carbocycles. The van der Waals surface area contributed by atoms with Crippen molar-refractivity contribution < 1.29 is 4.74 Å². The van der Waals surface area contributed by atoms with E-state index in [1.165, 1.54) is 11.1 Å². The van der Waals surface area contributed by atoms with Crippen LogP contribution in [0.3, 0.4) is 0 Å². The molecular weight excluding hydrogens is 262 g/mol. The van der Waals surface area contributed by atoms with Crippen molar-refractivity contribution in [2.75, 3.05) is 6.61 Å². The number of ether oxygens (including phenoxy) is 1. The fraction of sp³-hybridized carbons (Fsp3) is 0.294. The van der Waals surface area contributed by atoms with Gasteiger partial charge in [-0.2, -0.15) is 0 Å². The monoisotopic (exact) mass is 281 g/mol. The third-order valence-electron chi connectivity index (χ3n) is 3.52. The maximum Gasteiger partial charge on any atom is 0.122 e. The van der Waals surface area contributed by atoms with Crippen molar-refractivity contribution in [3.63, 3.8) is 0 Å². The van der Waals surface area contributed by atoms with Crippen molar-refractivity contribution in [1.29, 1.82) is 0 Å². The minimum Gasteiger partial charge on any atom is -0.493 e. The average molecular weight is 281 g/mol. The van der Waals surface area contributed by atoms with Crippen LogP contribution in [0.5, 0.6) is 5.75 Å². The minimum absolute atomic E-state index is 0.679. The highest BCUT2D eigenvalue weighted by Crippen LogP contribution is 2.19. The Labute approximate surface area is 124 Å². The highest BCUT2D eigenvalue weighted by molar-refractivity contribution is 5.73. The maximum atomic E-state index is 5.84. The van der Waals surface area contributed by atoms with E-state index in [1.54, 1.807) is 0 Å². The van der Waals surface area contributed by atoms with Gasteiger partial charge in [-0.05, 0) is 37.6 Å². The second kappa shape index (κ2) is 5.95.